The molecule has 1 aromatic heterocycles. The highest BCUT2D eigenvalue weighted by Gasteiger charge is 2.54. The zero-order valence-electron chi connectivity index (χ0n) is 27.3. The summed E-state index contributed by atoms with van der Waals surface area (Å²) in [6.07, 6.45) is -14.4. The van der Waals surface area contributed by atoms with Crippen LogP contribution in [0.25, 0.3) is 11.4 Å². The molecule has 5 atom stereocenters. The standard InChI is InChI=1S/C37H30F3N3O9/c1-48-26-19-17-22(18-20-26)31-41-42-32(43(31)21-37(38,39)40)29-27(49-33(44)23-11-5-2-6-12-23)28(50-34(45)24-13-7-3-8-14-24)30(36(47)51-29)52-35(46)25-15-9-4-10-16-25/h2-20,27-30,36,47H,21H2,1H3/t27-,28?,29?,30-,36?/m0/s1. The summed E-state index contributed by atoms with van der Waals surface area (Å²) < 4.78 is 71.6. The van der Waals surface area contributed by atoms with E-state index in [2.05, 4.69) is 10.2 Å². The third kappa shape index (κ3) is 8.11. The van der Waals surface area contributed by atoms with Gasteiger partial charge in [0.15, 0.2) is 42.4 Å². The van der Waals surface area contributed by atoms with E-state index in [-0.39, 0.29) is 28.1 Å². The van der Waals surface area contributed by atoms with Gasteiger partial charge in [-0.05, 0) is 60.7 Å². The van der Waals surface area contributed by atoms with Crippen LogP contribution in [0.5, 0.6) is 5.75 Å². The fourth-order valence-electron chi connectivity index (χ4n) is 5.53. The fraction of sp³-hybridized carbons (Fsp3) is 0.216. The zero-order chi connectivity index (χ0) is 36.8. The number of carbonyl (C=O) groups is 3. The molecule has 1 aliphatic heterocycles. The van der Waals surface area contributed by atoms with Gasteiger partial charge in [0.2, 0.25) is 0 Å². The lowest BCUT2D eigenvalue weighted by Gasteiger charge is -2.42. The Morgan fingerprint density at radius 1 is 0.692 bits per heavy atom. The van der Waals surface area contributed by atoms with E-state index in [9.17, 15) is 32.7 Å². The molecule has 0 amide bonds. The first kappa shape index (κ1) is 35.8. The minimum absolute atomic E-state index is 0.0222. The Labute approximate surface area is 294 Å². The number of aliphatic hydroxyl groups excluding tert-OH is 1. The lowest BCUT2D eigenvalue weighted by molar-refractivity contribution is -0.284. The summed E-state index contributed by atoms with van der Waals surface area (Å²) in [6, 6.07) is 28.8. The molecule has 0 radical (unpaired) electrons. The van der Waals surface area contributed by atoms with Gasteiger partial charge in [-0.3, -0.25) is 4.57 Å². The summed E-state index contributed by atoms with van der Waals surface area (Å²) in [5.74, 6) is -3.32. The number of carbonyl (C=O) groups excluding carboxylic acids is 3. The number of benzene rings is 4. The van der Waals surface area contributed by atoms with Crippen molar-refractivity contribution in [1.82, 2.24) is 14.8 Å². The molecule has 52 heavy (non-hydrogen) atoms. The number of alkyl halides is 3. The Bertz CT molecular complexity index is 1990. The van der Waals surface area contributed by atoms with Gasteiger partial charge in [-0.15, -0.1) is 10.2 Å². The quantitative estimate of drug-likeness (QED) is 0.143. The van der Waals surface area contributed by atoms with E-state index < -0.39 is 67.2 Å². The van der Waals surface area contributed by atoms with Crippen LogP contribution in [-0.4, -0.2) is 75.7 Å². The van der Waals surface area contributed by atoms with Gasteiger partial charge < -0.3 is 28.8 Å². The molecule has 1 N–H and O–H groups in total. The highest BCUT2D eigenvalue weighted by atomic mass is 19.4. The van der Waals surface area contributed by atoms with Gasteiger partial charge in [-0.2, -0.15) is 13.2 Å². The van der Waals surface area contributed by atoms with Crippen molar-refractivity contribution >= 4 is 17.9 Å². The largest absolute Gasteiger partial charge is 0.497 e. The molecule has 0 bridgehead atoms. The smallest absolute Gasteiger partial charge is 0.406 e. The van der Waals surface area contributed by atoms with E-state index in [1.807, 2.05) is 0 Å². The molecule has 1 saturated heterocycles. The van der Waals surface area contributed by atoms with Gasteiger partial charge in [0.1, 0.15) is 12.3 Å². The van der Waals surface area contributed by atoms with Crippen LogP contribution >= 0.6 is 0 Å². The maximum absolute atomic E-state index is 14.2. The molecule has 268 valence electrons. The minimum atomic E-state index is -4.82. The molecule has 2 heterocycles. The fourth-order valence-corrected chi connectivity index (χ4v) is 5.53. The second-order valence-corrected chi connectivity index (χ2v) is 11.5. The highest BCUT2D eigenvalue weighted by Crippen LogP contribution is 2.39. The Hall–Kier alpha value is -6.06. The van der Waals surface area contributed by atoms with Crippen molar-refractivity contribution in [3.05, 3.63) is 138 Å². The number of hydrogen-bond acceptors (Lipinski definition) is 11. The molecule has 5 aromatic rings. The number of methoxy groups -OCH3 is 1. The van der Waals surface area contributed by atoms with E-state index in [1.54, 1.807) is 54.6 Å². The van der Waals surface area contributed by atoms with Crippen LogP contribution in [0.3, 0.4) is 0 Å². The first-order valence-corrected chi connectivity index (χ1v) is 15.8. The molecule has 12 nitrogen and oxygen atoms in total. The van der Waals surface area contributed by atoms with Gasteiger partial charge >= 0.3 is 24.1 Å². The van der Waals surface area contributed by atoms with Gasteiger partial charge in [-0.25, -0.2) is 14.4 Å². The number of aromatic nitrogens is 3. The van der Waals surface area contributed by atoms with Crippen molar-refractivity contribution in [1.29, 1.82) is 0 Å². The van der Waals surface area contributed by atoms with Crippen LogP contribution in [0.15, 0.2) is 115 Å². The summed E-state index contributed by atoms with van der Waals surface area (Å²) in [5.41, 5.74) is 0.314. The second-order valence-electron chi connectivity index (χ2n) is 11.5. The van der Waals surface area contributed by atoms with Gasteiger partial charge in [0.25, 0.3) is 0 Å². The molecule has 1 fully saturated rings. The number of ether oxygens (including phenoxy) is 5. The van der Waals surface area contributed by atoms with Crippen LogP contribution in [-0.2, 0) is 25.5 Å². The monoisotopic (exact) mass is 717 g/mol. The van der Waals surface area contributed by atoms with Gasteiger partial charge in [0, 0.05) is 5.56 Å². The Morgan fingerprint density at radius 2 is 1.15 bits per heavy atom. The lowest BCUT2D eigenvalue weighted by Crippen LogP contribution is -2.59. The highest BCUT2D eigenvalue weighted by molar-refractivity contribution is 5.91. The van der Waals surface area contributed by atoms with Crippen LogP contribution in [0, 0.1) is 0 Å². The van der Waals surface area contributed by atoms with Crippen molar-refractivity contribution in [2.75, 3.05) is 7.11 Å². The van der Waals surface area contributed by atoms with Crippen LogP contribution in [0.1, 0.15) is 43.0 Å². The molecule has 4 aromatic carbocycles. The Balaban J connectivity index is 1.48. The molecular weight excluding hydrogens is 687 g/mol. The first-order valence-electron chi connectivity index (χ1n) is 15.8. The number of esters is 3. The summed E-state index contributed by atoms with van der Waals surface area (Å²) in [5, 5.41) is 19.4. The molecular formula is C37H30F3N3O9. The van der Waals surface area contributed by atoms with Crippen LogP contribution in [0.2, 0.25) is 0 Å². The van der Waals surface area contributed by atoms with E-state index in [0.29, 0.717) is 10.3 Å². The molecule has 15 heteroatoms. The van der Waals surface area contributed by atoms with Crippen LogP contribution in [0.4, 0.5) is 13.2 Å². The number of halogens is 3. The van der Waals surface area contributed by atoms with Crippen molar-refractivity contribution in [2.45, 2.75) is 43.4 Å². The summed E-state index contributed by atoms with van der Waals surface area (Å²) in [4.78, 5) is 40.4. The Morgan fingerprint density at radius 3 is 1.62 bits per heavy atom. The Kier molecular flexibility index (Phi) is 10.6. The number of nitrogens with zero attached hydrogens (tertiary/aromatic N) is 3. The molecule has 6 rings (SSSR count). The van der Waals surface area contributed by atoms with Crippen molar-refractivity contribution in [2.24, 2.45) is 0 Å². The predicted molar refractivity (Wildman–Crippen MR) is 175 cm³/mol. The van der Waals surface area contributed by atoms with Crippen LogP contribution < -0.4 is 4.74 Å². The topological polar surface area (TPSA) is 148 Å². The van der Waals surface area contributed by atoms with E-state index in [0.717, 1.165) is 0 Å². The summed E-state index contributed by atoms with van der Waals surface area (Å²) in [7, 11) is 1.42. The summed E-state index contributed by atoms with van der Waals surface area (Å²) >= 11 is 0. The average Bonchev–Trinajstić information content (AvgIpc) is 3.56. The van der Waals surface area contributed by atoms with Crippen molar-refractivity contribution < 1.29 is 56.3 Å². The lowest BCUT2D eigenvalue weighted by atomic mass is 9.96. The van der Waals surface area contributed by atoms with Gasteiger partial charge in [-0.1, -0.05) is 54.6 Å². The zero-order valence-corrected chi connectivity index (χ0v) is 27.3. The maximum atomic E-state index is 14.2. The molecule has 0 saturated carbocycles. The third-order valence-electron chi connectivity index (χ3n) is 7.99. The van der Waals surface area contributed by atoms with Crippen molar-refractivity contribution in [3.63, 3.8) is 0 Å². The molecule has 0 spiro atoms. The summed E-state index contributed by atoms with van der Waals surface area (Å²) in [6.45, 7) is -1.63. The van der Waals surface area contributed by atoms with E-state index in [4.69, 9.17) is 23.7 Å². The molecule has 1 aliphatic rings. The average molecular weight is 718 g/mol. The first-order chi connectivity index (χ1) is 25.0. The number of rotatable bonds is 10. The minimum Gasteiger partial charge on any atom is -0.497 e. The van der Waals surface area contributed by atoms with E-state index >= 15 is 0 Å². The SMILES string of the molecule is COc1ccc(-c2nnc(C3OC(O)[C@@H](OC(=O)c4ccccc4)C(OC(=O)c4ccccc4)[C@@H]3OC(=O)c3ccccc3)n2CC(F)(F)F)cc1. The second kappa shape index (κ2) is 15.4. The third-order valence-corrected chi connectivity index (χ3v) is 7.99. The molecule has 0 aliphatic carbocycles. The van der Waals surface area contributed by atoms with Gasteiger partial charge in [0.05, 0.1) is 23.8 Å². The number of hydrogen-bond donors (Lipinski definition) is 1. The van der Waals surface area contributed by atoms with E-state index in [1.165, 1.54) is 67.8 Å². The van der Waals surface area contributed by atoms with Crippen molar-refractivity contribution in [3.8, 4) is 17.1 Å². The maximum Gasteiger partial charge on any atom is 0.406 e. The predicted octanol–water partition coefficient (Wildman–Crippen LogP) is 5.58. The normalized spacial score (nSPS) is 20.1. The molecule has 3 unspecified atom stereocenters. The number of aliphatic hydroxyl groups is 1.